The zero-order valence-electron chi connectivity index (χ0n) is 25.2. The van der Waals surface area contributed by atoms with Crippen molar-refractivity contribution >= 4 is 44.6 Å². The number of aromatic nitrogens is 3. The lowest BCUT2D eigenvalue weighted by Gasteiger charge is -2.32. The largest absolute Gasteiger partial charge is 0.346 e. The van der Waals surface area contributed by atoms with Gasteiger partial charge in [-0.25, -0.2) is 9.97 Å². The lowest BCUT2D eigenvalue weighted by atomic mass is 10.1. The first-order valence-electron chi connectivity index (χ1n) is 14.7. The molecule has 0 atom stereocenters. The summed E-state index contributed by atoms with van der Waals surface area (Å²) in [4.78, 5) is 29.8. The van der Waals surface area contributed by atoms with Crippen LogP contribution in [0.1, 0.15) is 5.56 Å². The number of likely N-dealkylation sites (N-methyl/N-ethyl adjacent to an activating group) is 1. The second-order valence-corrected chi connectivity index (χ2v) is 12.9. The van der Waals surface area contributed by atoms with Crippen molar-refractivity contribution in [1.82, 2.24) is 24.3 Å². The fourth-order valence-electron chi connectivity index (χ4n) is 5.37. The van der Waals surface area contributed by atoms with Crippen LogP contribution in [0.3, 0.4) is 0 Å². The molecule has 232 valence electrons. The highest BCUT2D eigenvalue weighted by Crippen LogP contribution is 2.28. The van der Waals surface area contributed by atoms with Gasteiger partial charge in [-0.2, -0.15) is 8.42 Å². The molecule has 11 nitrogen and oxygen atoms in total. The number of piperazine rings is 1. The second-order valence-electron chi connectivity index (χ2n) is 11.1. The Morgan fingerprint density at radius 1 is 0.911 bits per heavy atom. The average molecular weight is 626 g/mol. The van der Waals surface area contributed by atoms with Crippen LogP contribution >= 0.6 is 0 Å². The molecule has 1 N–H and O–H groups in total. The average Bonchev–Trinajstić information content (AvgIpc) is 3.46. The standard InChI is InChI=1S/C33H35N7O4S/c1-25-3-10-30(11-4-25)45(42,43)40(44-24-41)29-8-6-28(7-9-29)36-33-22-31(34-23-35-33)26-5-12-32-27(21-26)13-14-39(32)20-19-38-17-15-37(2)16-18-38/h3-14,21-24H,15-20H2,1-2H3,(H,34,35,36). The van der Waals surface area contributed by atoms with E-state index in [1.807, 2.05) is 13.0 Å². The molecule has 0 saturated carbocycles. The molecule has 45 heavy (non-hydrogen) atoms. The van der Waals surface area contributed by atoms with Gasteiger partial charge in [-0.15, -0.1) is 0 Å². The molecule has 0 aliphatic carbocycles. The summed E-state index contributed by atoms with van der Waals surface area (Å²) in [5.41, 5.74) is 4.67. The Morgan fingerprint density at radius 2 is 1.67 bits per heavy atom. The summed E-state index contributed by atoms with van der Waals surface area (Å²) in [7, 11) is -1.96. The van der Waals surface area contributed by atoms with E-state index >= 15 is 0 Å². The highest BCUT2D eigenvalue weighted by atomic mass is 32.2. The number of hydrogen-bond acceptors (Lipinski definition) is 9. The molecule has 1 aliphatic rings. The summed E-state index contributed by atoms with van der Waals surface area (Å²) in [6.45, 7) is 8.37. The van der Waals surface area contributed by atoms with Crippen molar-refractivity contribution in [3.8, 4) is 11.3 Å². The second kappa shape index (κ2) is 13.1. The van der Waals surface area contributed by atoms with Crippen LogP contribution in [0.25, 0.3) is 22.2 Å². The van der Waals surface area contributed by atoms with Crippen molar-refractivity contribution in [2.24, 2.45) is 0 Å². The minimum Gasteiger partial charge on any atom is -0.346 e. The molecule has 5 aromatic rings. The van der Waals surface area contributed by atoms with E-state index in [0.717, 1.165) is 61.5 Å². The molecular formula is C33H35N7O4S. The van der Waals surface area contributed by atoms with Gasteiger partial charge in [0, 0.05) is 73.7 Å². The van der Waals surface area contributed by atoms with Crippen LogP contribution in [0, 0.1) is 6.92 Å². The summed E-state index contributed by atoms with van der Waals surface area (Å²) < 4.78 is 29.3. The highest BCUT2D eigenvalue weighted by molar-refractivity contribution is 7.92. The highest BCUT2D eigenvalue weighted by Gasteiger charge is 2.27. The molecule has 2 aromatic heterocycles. The molecule has 1 fully saturated rings. The van der Waals surface area contributed by atoms with Gasteiger partial charge in [0.25, 0.3) is 10.0 Å². The van der Waals surface area contributed by atoms with E-state index in [9.17, 15) is 13.2 Å². The third kappa shape index (κ3) is 6.83. The molecule has 12 heteroatoms. The topological polar surface area (TPSA) is 113 Å². The number of hydrogen-bond donors (Lipinski definition) is 1. The lowest BCUT2D eigenvalue weighted by molar-refractivity contribution is -0.128. The quantitative estimate of drug-likeness (QED) is 0.165. The predicted octanol–water partition coefficient (Wildman–Crippen LogP) is 4.68. The van der Waals surface area contributed by atoms with Gasteiger partial charge in [-0.05, 0) is 68.6 Å². The van der Waals surface area contributed by atoms with Gasteiger partial charge in [-0.3, -0.25) is 9.69 Å². The van der Waals surface area contributed by atoms with Gasteiger partial charge in [0.05, 0.1) is 16.3 Å². The number of fused-ring (bicyclic) bond motifs is 1. The predicted molar refractivity (Wildman–Crippen MR) is 175 cm³/mol. The SMILES string of the molecule is Cc1ccc(S(=O)(=O)N(OC=O)c2ccc(Nc3cc(-c4ccc5c(ccn5CCN5CCN(C)CC5)c4)ncn3)cc2)cc1. The van der Waals surface area contributed by atoms with Crippen molar-refractivity contribution < 1.29 is 18.0 Å². The zero-order valence-corrected chi connectivity index (χ0v) is 26.0. The molecule has 3 aromatic carbocycles. The minimum atomic E-state index is -4.13. The summed E-state index contributed by atoms with van der Waals surface area (Å²) in [5.74, 6) is 0.575. The maximum absolute atomic E-state index is 13.2. The minimum absolute atomic E-state index is 0.00563. The fraction of sp³-hybridized carbons (Fsp3) is 0.242. The van der Waals surface area contributed by atoms with Crippen molar-refractivity contribution in [3.05, 3.63) is 97.0 Å². The maximum Gasteiger partial charge on any atom is 0.322 e. The van der Waals surface area contributed by atoms with Crippen molar-refractivity contribution in [3.63, 3.8) is 0 Å². The number of aryl methyl sites for hydroxylation is 1. The molecule has 1 aliphatic heterocycles. The number of carbonyl (C=O) groups is 1. The van der Waals surface area contributed by atoms with E-state index in [0.29, 0.717) is 16.0 Å². The maximum atomic E-state index is 13.2. The monoisotopic (exact) mass is 625 g/mol. The fourth-order valence-corrected chi connectivity index (χ4v) is 6.59. The number of anilines is 3. The molecule has 0 bridgehead atoms. The Kier molecular flexibility index (Phi) is 8.78. The molecule has 0 radical (unpaired) electrons. The lowest BCUT2D eigenvalue weighted by Crippen LogP contribution is -2.45. The number of sulfonamides is 1. The third-order valence-corrected chi connectivity index (χ3v) is 9.61. The van der Waals surface area contributed by atoms with Crippen LogP contribution in [0.4, 0.5) is 17.2 Å². The smallest absolute Gasteiger partial charge is 0.322 e. The summed E-state index contributed by atoms with van der Waals surface area (Å²) in [6, 6.07) is 23.1. The molecule has 0 unspecified atom stereocenters. The number of carbonyl (C=O) groups excluding carboxylic acids is 1. The molecule has 3 heterocycles. The van der Waals surface area contributed by atoms with Gasteiger partial charge in [-0.1, -0.05) is 28.2 Å². The van der Waals surface area contributed by atoms with Gasteiger partial charge in [0.1, 0.15) is 12.1 Å². The number of nitrogens with zero attached hydrogens (tertiary/aromatic N) is 6. The normalized spacial score (nSPS) is 14.4. The van der Waals surface area contributed by atoms with Gasteiger partial charge >= 0.3 is 6.47 Å². The van der Waals surface area contributed by atoms with Crippen LogP contribution < -0.4 is 9.79 Å². The van der Waals surface area contributed by atoms with Gasteiger partial charge in [0.2, 0.25) is 0 Å². The van der Waals surface area contributed by atoms with Crippen LogP contribution in [0.15, 0.2) is 96.3 Å². The van der Waals surface area contributed by atoms with Crippen LogP contribution in [-0.2, 0) is 26.2 Å². The summed E-state index contributed by atoms with van der Waals surface area (Å²) >= 11 is 0. The number of nitrogens with one attached hydrogen (secondary N) is 1. The first kappa shape index (κ1) is 30.3. The van der Waals surface area contributed by atoms with E-state index < -0.39 is 10.0 Å². The third-order valence-electron chi connectivity index (χ3n) is 8.01. The van der Waals surface area contributed by atoms with Crippen molar-refractivity contribution in [2.45, 2.75) is 18.4 Å². The first-order chi connectivity index (χ1) is 21.8. The van der Waals surface area contributed by atoms with E-state index in [2.05, 4.69) is 67.2 Å². The molecular weight excluding hydrogens is 590 g/mol. The van der Waals surface area contributed by atoms with E-state index in [-0.39, 0.29) is 17.1 Å². The van der Waals surface area contributed by atoms with E-state index in [4.69, 9.17) is 4.84 Å². The number of benzene rings is 3. The molecule has 1 saturated heterocycles. The Balaban J connectivity index is 1.15. The zero-order chi connectivity index (χ0) is 31.4. The Morgan fingerprint density at radius 3 is 2.40 bits per heavy atom. The van der Waals surface area contributed by atoms with Crippen LogP contribution in [0.2, 0.25) is 0 Å². The van der Waals surface area contributed by atoms with Crippen molar-refractivity contribution in [2.75, 3.05) is 49.6 Å². The molecule has 6 rings (SSSR count). The van der Waals surface area contributed by atoms with Gasteiger partial charge < -0.3 is 19.6 Å². The van der Waals surface area contributed by atoms with E-state index in [1.54, 1.807) is 36.4 Å². The number of rotatable bonds is 11. The van der Waals surface area contributed by atoms with E-state index in [1.165, 1.54) is 24.0 Å². The Hall–Kier alpha value is -4.78. The molecule has 0 amide bonds. The van der Waals surface area contributed by atoms with Crippen LogP contribution in [0.5, 0.6) is 0 Å². The van der Waals surface area contributed by atoms with Crippen LogP contribution in [-0.4, -0.2) is 79.0 Å². The molecule has 0 spiro atoms. The first-order valence-corrected chi connectivity index (χ1v) is 16.2. The summed E-state index contributed by atoms with van der Waals surface area (Å²) in [6.07, 6.45) is 3.65. The Labute approximate surface area is 262 Å². The van der Waals surface area contributed by atoms with Gasteiger partial charge in [0.15, 0.2) is 0 Å². The Bertz CT molecular complexity index is 1890. The summed E-state index contributed by atoms with van der Waals surface area (Å²) in [5, 5.41) is 4.39. The van der Waals surface area contributed by atoms with Crippen molar-refractivity contribution in [1.29, 1.82) is 0 Å².